The van der Waals surface area contributed by atoms with Gasteiger partial charge in [0.1, 0.15) is 12.2 Å². The van der Waals surface area contributed by atoms with Crippen LogP contribution in [0.2, 0.25) is 0 Å². The van der Waals surface area contributed by atoms with Crippen LogP contribution in [0.3, 0.4) is 0 Å². The third-order valence-electron chi connectivity index (χ3n) is 5.67. The number of morpholine rings is 1. The summed E-state index contributed by atoms with van der Waals surface area (Å²) in [6, 6.07) is 16.8. The van der Waals surface area contributed by atoms with E-state index in [-0.39, 0.29) is 19.0 Å². The van der Waals surface area contributed by atoms with E-state index in [4.69, 9.17) is 18.6 Å². The lowest BCUT2D eigenvalue weighted by atomic mass is 10.0. The van der Waals surface area contributed by atoms with Crippen LogP contribution < -0.4 is 14.4 Å². The summed E-state index contributed by atoms with van der Waals surface area (Å²) in [5.74, 6) is 2.72. The van der Waals surface area contributed by atoms with Gasteiger partial charge in [0, 0.05) is 5.92 Å². The summed E-state index contributed by atoms with van der Waals surface area (Å²) in [6.45, 7) is 1.56. The van der Waals surface area contributed by atoms with Crippen LogP contribution in [-0.2, 0) is 4.74 Å². The van der Waals surface area contributed by atoms with E-state index >= 15 is 0 Å². The maximum atomic E-state index is 6.51. The third-order valence-corrected chi connectivity index (χ3v) is 5.67. The minimum Gasteiger partial charge on any atom is -0.454 e. The molecule has 6 rings (SSSR count). The Morgan fingerprint density at radius 3 is 2.45 bits per heavy atom. The van der Waals surface area contributed by atoms with Crippen molar-refractivity contribution in [2.24, 2.45) is 0 Å². The SMILES string of the molecule is c1ccc([C@@H]2CN(c3nnc(C4CC4)o3)C[C@H](c3ccc4c(c3)OCO4)O2)cc1. The quantitative estimate of drug-likeness (QED) is 0.666. The molecule has 0 unspecified atom stereocenters. The standard InChI is InChI=1S/C22H21N3O4/c1-2-4-14(5-3-1)19-11-25(22-24-23-21(29-22)15-6-7-15)12-20(28-19)16-8-9-17-18(10-16)27-13-26-17/h1-5,8-10,15,19-20H,6-7,11-13H2/t19-,20+/m0/s1. The van der Waals surface area contributed by atoms with Crippen molar-refractivity contribution in [1.29, 1.82) is 0 Å². The van der Waals surface area contributed by atoms with Crippen LogP contribution >= 0.6 is 0 Å². The Bertz CT molecular complexity index is 1020. The van der Waals surface area contributed by atoms with Crippen molar-refractivity contribution in [2.45, 2.75) is 31.0 Å². The molecule has 1 saturated carbocycles. The van der Waals surface area contributed by atoms with Crippen LogP contribution in [0.5, 0.6) is 11.5 Å². The molecule has 2 atom stereocenters. The Balaban J connectivity index is 1.32. The second-order valence-electron chi connectivity index (χ2n) is 7.74. The van der Waals surface area contributed by atoms with Gasteiger partial charge >= 0.3 is 6.01 Å². The summed E-state index contributed by atoms with van der Waals surface area (Å²) in [5, 5.41) is 8.58. The Kier molecular flexibility index (Phi) is 3.94. The lowest BCUT2D eigenvalue weighted by Crippen LogP contribution is -2.40. The first-order valence-electron chi connectivity index (χ1n) is 10.0. The summed E-state index contributed by atoms with van der Waals surface area (Å²) in [5.41, 5.74) is 2.17. The zero-order valence-corrected chi connectivity index (χ0v) is 15.9. The van der Waals surface area contributed by atoms with Gasteiger partial charge in [0.05, 0.1) is 13.1 Å². The minimum atomic E-state index is -0.153. The number of rotatable bonds is 4. The predicted molar refractivity (Wildman–Crippen MR) is 104 cm³/mol. The Morgan fingerprint density at radius 1 is 0.828 bits per heavy atom. The largest absolute Gasteiger partial charge is 0.454 e. The van der Waals surface area contributed by atoms with Gasteiger partial charge < -0.3 is 23.5 Å². The molecule has 7 heteroatoms. The molecule has 1 aromatic heterocycles. The zero-order valence-electron chi connectivity index (χ0n) is 15.9. The van der Waals surface area contributed by atoms with E-state index in [9.17, 15) is 0 Å². The molecule has 2 aliphatic heterocycles. The lowest BCUT2D eigenvalue weighted by molar-refractivity contribution is -0.0308. The van der Waals surface area contributed by atoms with Crippen molar-refractivity contribution in [2.75, 3.05) is 24.8 Å². The van der Waals surface area contributed by atoms with Crippen molar-refractivity contribution < 1.29 is 18.6 Å². The van der Waals surface area contributed by atoms with Gasteiger partial charge in [-0.3, -0.25) is 0 Å². The molecular formula is C22H21N3O4. The maximum absolute atomic E-state index is 6.51. The lowest BCUT2D eigenvalue weighted by Gasteiger charge is -2.37. The van der Waals surface area contributed by atoms with Crippen LogP contribution in [-0.4, -0.2) is 30.1 Å². The average molecular weight is 391 g/mol. The van der Waals surface area contributed by atoms with Gasteiger partial charge in [0.2, 0.25) is 12.7 Å². The van der Waals surface area contributed by atoms with Crippen molar-refractivity contribution in [3.8, 4) is 11.5 Å². The predicted octanol–water partition coefficient (Wildman–Crippen LogP) is 3.99. The van der Waals surface area contributed by atoms with E-state index < -0.39 is 0 Å². The van der Waals surface area contributed by atoms with Crippen molar-refractivity contribution >= 4 is 6.01 Å². The number of ether oxygens (including phenoxy) is 3. The minimum absolute atomic E-state index is 0.100. The number of aromatic nitrogens is 2. The first kappa shape index (κ1) is 16.9. The van der Waals surface area contributed by atoms with Gasteiger partial charge in [-0.2, -0.15) is 0 Å². The molecule has 1 aliphatic carbocycles. The molecule has 0 amide bonds. The van der Waals surface area contributed by atoms with Crippen molar-refractivity contribution in [3.63, 3.8) is 0 Å². The molecule has 0 spiro atoms. The number of hydrogen-bond acceptors (Lipinski definition) is 7. The first-order chi connectivity index (χ1) is 14.3. The van der Waals surface area contributed by atoms with E-state index in [0.29, 0.717) is 25.0 Å². The summed E-state index contributed by atoms with van der Waals surface area (Å²) < 4.78 is 23.5. The molecule has 2 fully saturated rings. The monoisotopic (exact) mass is 391 g/mol. The Morgan fingerprint density at radius 2 is 1.62 bits per heavy atom. The molecule has 2 aromatic carbocycles. The van der Waals surface area contributed by atoms with Gasteiger partial charge in [-0.05, 0) is 36.1 Å². The Labute approximate surface area is 168 Å². The van der Waals surface area contributed by atoms with E-state index in [1.165, 1.54) is 0 Å². The van der Waals surface area contributed by atoms with E-state index in [0.717, 1.165) is 41.4 Å². The fourth-order valence-corrected chi connectivity index (χ4v) is 3.91. The highest BCUT2D eigenvalue weighted by Crippen LogP contribution is 2.42. The van der Waals surface area contributed by atoms with Crippen molar-refractivity contribution in [1.82, 2.24) is 10.2 Å². The third kappa shape index (κ3) is 3.21. The van der Waals surface area contributed by atoms with Crippen LogP contribution in [0, 0.1) is 0 Å². The van der Waals surface area contributed by atoms with E-state index in [1.54, 1.807) is 0 Å². The number of fused-ring (bicyclic) bond motifs is 1. The maximum Gasteiger partial charge on any atom is 0.318 e. The van der Waals surface area contributed by atoms with Crippen LogP contribution in [0.4, 0.5) is 6.01 Å². The van der Waals surface area contributed by atoms with Crippen LogP contribution in [0.15, 0.2) is 52.9 Å². The average Bonchev–Trinajstić information content (AvgIpc) is 3.32. The normalized spacial score (nSPS) is 23.4. The van der Waals surface area contributed by atoms with Gasteiger partial charge in [-0.1, -0.05) is 41.5 Å². The molecule has 29 heavy (non-hydrogen) atoms. The highest BCUT2D eigenvalue weighted by Gasteiger charge is 2.35. The van der Waals surface area contributed by atoms with Gasteiger partial charge in [0.15, 0.2) is 11.5 Å². The number of anilines is 1. The molecular weight excluding hydrogens is 370 g/mol. The molecule has 148 valence electrons. The molecule has 0 radical (unpaired) electrons. The zero-order chi connectivity index (χ0) is 19.2. The molecule has 1 saturated heterocycles. The van der Waals surface area contributed by atoms with Gasteiger partial charge in [-0.25, -0.2) is 0 Å². The summed E-state index contributed by atoms with van der Waals surface area (Å²) >= 11 is 0. The van der Waals surface area contributed by atoms with Crippen molar-refractivity contribution in [3.05, 3.63) is 65.5 Å². The van der Waals surface area contributed by atoms with Gasteiger partial charge in [-0.15, -0.1) is 5.10 Å². The van der Waals surface area contributed by atoms with E-state index in [2.05, 4.69) is 27.2 Å². The second kappa shape index (κ2) is 6.77. The van der Waals surface area contributed by atoms with Gasteiger partial charge in [0.25, 0.3) is 0 Å². The first-order valence-corrected chi connectivity index (χ1v) is 10.0. The summed E-state index contributed by atoms with van der Waals surface area (Å²) in [6.07, 6.45) is 2.02. The van der Waals surface area contributed by atoms with E-state index in [1.807, 2.05) is 36.4 Å². The number of benzene rings is 2. The summed E-state index contributed by atoms with van der Waals surface area (Å²) in [7, 11) is 0. The van der Waals surface area contributed by atoms with Crippen LogP contribution in [0.1, 0.15) is 48.0 Å². The number of hydrogen-bond donors (Lipinski definition) is 0. The molecule has 3 heterocycles. The molecule has 7 nitrogen and oxygen atoms in total. The second-order valence-corrected chi connectivity index (χ2v) is 7.74. The highest BCUT2D eigenvalue weighted by molar-refractivity contribution is 5.46. The fourth-order valence-electron chi connectivity index (χ4n) is 3.91. The fraction of sp³-hybridized carbons (Fsp3) is 0.364. The smallest absolute Gasteiger partial charge is 0.318 e. The number of nitrogens with zero attached hydrogens (tertiary/aromatic N) is 3. The molecule has 0 bridgehead atoms. The molecule has 0 N–H and O–H groups in total. The molecule has 3 aromatic rings. The Hall–Kier alpha value is -3.06. The molecule has 3 aliphatic rings. The van der Waals surface area contributed by atoms with Crippen LogP contribution in [0.25, 0.3) is 0 Å². The summed E-state index contributed by atoms with van der Waals surface area (Å²) in [4.78, 5) is 2.13. The topological polar surface area (TPSA) is 69.9 Å². The highest BCUT2D eigenvalue weighted by atomic mass is 16.7.